The van der Waals surface area contributed by atoms with E-state index in [0.29, 0.717) is 17.8 Å². The Morgan fingerprint density at radius 1 is 1.32 bits per heavy atom. The first-order valence-electron chi connectivity index (χ1n) is 6.40. The van der Waals surface area contributed by atoms with Crippen molar-refractivity contribution in [3.63, 3.8) is 0 Å². The van der Waals surface area contributed by atoms with E-state index in [2.05, 4.69) is 0 Å². The van der Waals surface area contributed by atoms with Gasteiger partial charge in [0.15, 0.2) is 0 Å². The summed E-state index contributed by atoms with van der Waals surface area (Å²) in [5.41, 5.74) is 6.80. The number of hydrogen-bond donors (Lipinski definition) is 2. The number of nitrogen functional groups attached to an aromatic ring is 1. The Morgan fingerprint density at radius 3 is 2.53 bits per heavy atom. The molecule has 0 aliphatic rings. The Kier molecular flexibility index (Phi) is 5.78. The van der Waals surface area contributed by atoms with Crippen molar-refractivity contribution < 1.29 is 13.5 Å². The van der Waals surface area contributed by atoms with Gasteiger partial charge in [0.2, 0.25) is 10.0 Å². The summed E-state index contributed by atoms with van der Waals surface area (Å²) in [4.78, 5) is 0.256. The van der Waals surface area contributed by atoms with Crippen molar-refractivity contribution in [2.45, 2.75) is 31.6 Å². The third kappa shape index (κ3) is 3.92. The molecule has 3 N–H and O–H groups in total. The predicted molar refractivity (Wildman–Crippen MR) is 76.3 cm³/mol. The van der Waals surface area contributed by atoms with E-state index in [4.69, 9.17) is 10.8 Å². The molecule has 19 heavy (non-hydrogen) atoms. The maximum atomic E-state index is 12.5. The molecule has 1 aromatic carbocycles. The molecule has 1 rings (SSSR count). The third-order valence-corrected chi connectivity index (χ3v) is 4.99. The molecule has 0 amide bonds. The number of anilines is 1. The molecule has 0 unspecified atom stereocenters. The van der Waals surface area contributed by atoms with Crippen LogP contribution in [0, 0.1) is 6.92 Å². The number of benzene rings is 1. The fourth-order valence-electron chi connectivity index (χ4n) is 1.90. The fourth-order valence-corrected chi connectivity index (χ4v) is 3.57. The zero-order valence-corrected chi connectivity index (χ0v) is 12.3. The first kappa shape index (κ1) is 15.9. The van der Waals surface area contributed by atoms with Crippen molar-refractivity contribution in [3.8, 4) is 0 Å². The van der Waals surface area contributed by atoms with Gasteiger partial charge < -0.3 is 10.8 Å². The number of unbranched alkanes of at least 4 members (excludes halogenated alkanes) is 1. The molecule has 0 bridgehead atoms. The van der Waals surface area contributed by atoms with Gasteiger partial charge in [-0.25, -0.2) is 8.42 Å². The highest BCUT2D eigenvalue weighted by Gasteiger charge is 2.25. The van der Waals surface area contributed by atoms with E-state index in [9.17, 15) is 8.42 Å². The Labute approximate surface area is 115 Å². The van der Waals surface area contributed by atoms with Crippen LogP contribution in [-0.2, 0) is 10.0 Å². The molecule has 0 radical (unpaired) electrons. The summed E-state index contributed by atoms with van der Waals surface area (Å²) in [5, 5.41) is 9.03. The van der Waals surface area contributed by atoms with Crippen LogP contribution in [0.3, 0.4) is 0 Å². The predicted octanol–water partition coefficient (Wildman–Crippen LogP) is 1.36. The minimum absolute atomic E-state index is 0.117. The summed E-state index contributed by atoms with van der Waals surface area (Å²) in [5.74, 6) is 0. The number of sulfonamides is 1. The zero-order chi connectivity index (χ0) is 14.5. The summed E-state index contributed by atoms with van der Waals surface area (Å²) >= 11 is 0. The Bertz CT molecular complexity index is 515. The number of hydrogen-bond acceptors (Lipinski definition) is 4. The van der Waals surface area contributed by atoms with Crippen LogP contribution < -0.4 is 5.73 Å². The highest BCUT2D eigenvalue weighted by Crippen LogP contribution is 2.22. The van der Waals surface area contributed by atoms with Crippen molar-refractivity contribution in [2.24, 2.45) is 0 Å². The zero-order valence-electron chi connectivity index (χ0n) is 11.5. The topological polar surface area (TPSA) is 83.6 Å². The molecule has 0 fully saturated rings. The van der Waals surface area contributed by atoms with Crippen LogP contribution in [0.4, 0.5) is 5.69 Å². The molecule has 0 heterocycles. The molecule has 1 aromatic rings. The van der Waals surface area contributed by atoms with Gasteiger partial charge in [0.05, 0.1) is 11.5 Å². The van der Waals surface area contributed by atoms with Gasteiger partial charge in [-0.05, 0) is 37.1 Å². The second-order valence-corrected chi connectivity index (χ2v) is 6.41. The number of nitrogens with zero attached hydrogens (tertiary/aromatic N) is 1. The second-order valence-electron chi connectivity index (χ2n) is 4.51. The number of nitrogens with two attached hydrogens (primary N) is 1. The van der Waals surface area contributed by atoms with Gasteiger partial charge in [0.25, 0.3) is 0 Å². The van der Waals surface area contributed by atoms with Crippen LogP contribution in [0.1, 0.15) is 25.3 Å². The number of aryl methyl sites for hydroxylation is 1. The SMILES string of the molecule is CCCCN(CCO)S(=O)(=O)c1ccc(N)cc1C. The standard InChI is InChI=1S/C13H22N2O3S/c1-3-4-7-15(8-9-16)19(17,18)13-6-5-12(14)10-11(13)2/h5-6,10,16H,3-4,7-9,14H2,1-2H3. The quantitative estimate of drug-likeness (QED) is 0.741. The first-order chi connectivity index (χ1) is 8.93. The Hall–Kier alpha value is -1.11. The molecule has 0 saturated heterocycles. The molecule has 5 nitrogen and oxygen atoms in total. The maximum absolute atomic E-state index is 12.5. The third-order valence-electron chi connectivity index (χ3n) is 2.93. The van der Waals surface area contributed by atoms with Gasteiger partial charge in [-0.2, -0.15) is 4.31 Å². The molecule has 0 aromatic heterocycles. The molecule has 0 aliphatic carbocycles. The van der Waals surface area contributed by atoms with E-state index in [1.807, 2.05) is 6.92 Å². The lowest BCUT2D eigenvalue weighted by Crippen LogP contribution is -2.34. The van der Waals surface area contributed by atoms with Crippen molar-refractivity contribution >= 4 is 15.7 Å². The molecule has 0 atom stereocenters. The van der Waals surface area contributed by atoms with E-state index in [-0.39, 0.29) is 18.0 Å². The van der Waals surface area contributed by atoms with Crippen LogP contribution >= 0.6 is 0 Å². The molecular formula is C13H22N2O3S. The Morgan fingerprint density at radius 2 is 2.00 bits per heavy atom. The highest BCUT2D eigenvalue weighted by atomic mass is 32.2. The summed E-state index contributed by atoms with van der Waals surface area (Å²) in [6, 6.07) is 4.75. The fraction of sp³-hybridized carbons (Fsp3) is 0.538. The van der Waals surface area contributed by atoms with Crippen LogP contribution in [0.15, 0.2) is 23.1 Å². The molecule has 6 heteroatoms. The average molecular weight is 286 g/mol. The normalized spacial score (nSPS) is 12.0. The summed E-state index contributed by atoms with van der Waals surface area (Å²) in [6.07, 6.45) is 1.67. The van der Waals surface area contributed by atoms with Crippen molar-refractivity contribution in [2.75, 3.05) is 25.4 Å². The lowest BCUT2D eigenvalue weighted by atomic mass is 10.2. The van der Waals surface area contributed by atoms with Crippen LogP contribution in [0.5, 0.6) is 0 Å². The summed E-state index contributed by atoms with van der Waals surface area (Å²) in [6.45, 7) is 4.07. The van der Waals surface area contributed by atoms with E-state index in [1.54, 1.807) is 19.1 Å². The first-order valence-corrected chi connectivity index (χ1v) is 7.84. The van der Waals surface area contributed by atoms with Crippen LogP contribution in [-0.4, -0.2) is 37.5 Å². The minimum atomic E-state index is -3.57. The summed E-state index contributed by atoms with van der Waals surface area (Å²) in [7, 11) is -3.57. The van der Waals surface area contributed by atoms with Gasteiger partial charge in [-0.1, -0.05) is 13.3 Å². The lowest BCUT2D eigenvalue weighted by Gasteiger charge is -2.22. The number of aliphatic hydroxyl groups is 1. The van der Waals surface area contributed by atoms with Gasteiger partial charge >= 0.3 is 0 Å². The monoisotopic (exact) mass is 286 g/mol. The van der Waals surface area contributed by atoms with E-state index in [1.165, 1.54) is 10.4 Å². The van der Waals surface area contributed by atoms with E-state index < -0.39 is 10.0 Å². The maximum Gasteiger partial charge on any atom is 0.243 e. The van der Waals surface area contributed by atoms with Gasteiger partial charge in [-0.15, -0.1) is 0 Å². The Balaban J connectivity index is 3.11. The van der Waals surface area contributed by atoms with E-state index in [0.717, 1.165) is 12.8 Å². The van der Waals surface area contributed by atoms with Crippen molar-refractivity contribution in [1.29, 1.82) is 0 Å². The minimum Gasteiger partial charge on any atom is -0.399 e. The smallest absolute Gasteiger partial charge is 0.243 e. The molecule has 0 saturated carbocycles. The van der Waals surface area contributed by atoms with Gasteiger partial charge in [0.1, 0.15) is 0 Å². The highest BCUT2D eigenvalue weighted by molar-refractivity contribution is 7.89. The van der Waals surface area contributed by atoms with Gasteiger partial charge in [-0.3, -0.25) is 0 Å². The second kappa shape index (κ2) is 6.88. The number of rotatable bonds is 7. The molecule has 0 spiro atoms. The summed E-state index contributed by atoms with van der Waals surface area (Å²) < 4.78 is 26.4. The molecule has 108 valence electrons. The van der Waals surface area contributed by atoms with Gasteiger partial charge in [0, 0.05) is 18.8 Å². The lowest BCUT2D eigenvalue weighted by molar-refractivity contribution is 0.252. The molecule has 0 aliphatic heterocycles. The molecular weight excluding hydrogens is 264 g/mol. The largest absolute Gasteiger partial charge is 0.399 e. The average Bonchev–Trinajstić information content (AvgIpc) is 2.33. The van der Waals surface area contributed by atoms with Crippen LogP contribution in [0.25, 0.3) is 0 Å². The van der Waals surface area contributed by atoms with Crippen LogP contribution in [0.2, 0.25) is 0 Å². The van der Waals surface area contributed by atoms with Crippen molar-refractivity contribution in [3.05, 3.63) is 23.8 Å². The van der Waals surface area contributed by atoms with Crippen molar-refractivity contribution in [1.82, 2.24) is 4.31 Å². The van der Waals surface area contributed by atoms with E-state index >= 15 is 0 Å². The number of aliphatic hydroxyl groups excluding tert-OH is 1.